The Bertz CT molecular complexity index is 1160. The molecule has 0 radical (unpaired) electrons. The molecule has 3 rings (SSSR count). The van der Waals surface area contributed by atoms with Crippen LogP contribution in [-0.2, 0) is 16.1 Å². The Balaban J connectivity index is 1.85. The van der Waals surface area contributed by atoms with Gasteiger partial charge in [-0.05, 0) is 37.6 Å². The molecule has 0 spiro atoms. The minimum atomic E-state index is -0.653. The molecule has 1 aliphatic rings. The van der Waals surface area contributed by atoms with E-state index < -0.39 is 30.1 Å². The van der Waals surface area contributed by atoms with Crippen LogP contribution in [0.5, 0.6) is 6.01 Å². The molecule has 1 aromatic carbocycles. The first-order valence-corrected chi connectivity index (χ1v) is 11.3. The zero-order chi connectivity index (χ0) is 25.5. The van der Waals surface area contributed by atoms with Gasteiger partial charge in [-0.1, -0.05) is 29.8 Å². The highest BCUT2D eigenvalue weighted by atomic mass is 35.5. The maximum absolute atomic E-state index is 14.6. The first kappa shape index (κ1) is 26.2. The Morgan fingerprint density at radius 3 is 2.63 bits per heavy atom. The van der Waals surface area contributed by atoms with E-state index in [4.69, 9.17) is 21.1 Å². The van der Waals surface area contributed by atoms with Gasteiger partial charge in [0, 0.05) is 25.5 Å². The fourth-order valence-electron chi connectivity index (χ4n) is 3.19. The van der Waals surface area contributed by atoms with Crippen LogP contribution in [0, 0.1) is 0 Å². The summed E-state index contributed by atoms with van der Waals surface area (Å²) in [6, 6.07) is 6.16. The van der Waals surface area contributed by atoms with Crippen molar-refractivity contribution in [3.63, 3.8) is 0 Å². The topological polar surface area (TPSA) is 111 Å². The third-order valence-corrected chi connectivity index (χ3v) is 4.89. The van der Waals surface area contributed by atoms with Crippen LogP contribution in [0.4, 0.5) is 10.3 Å². The number of benzene rings is 1. The van der Waals surface area contributed by atoms with Gasteiger partial charge in [-0.15, -0.1) is 4.98 Å². The average molecular weight is 507 g/mol. The highest BCUT2D eigenvalue weighted by Gasteiger charge is 2.21. The van der Waals surface area contributed by atoms with Crippen LogP contribution in [0.3, 0.4) is 0 Å². The summed E-state index contributed by atoms with van der Waals surface area (Å²) in [7, 11) is 3.30. The number of nitrogens with one attached hydrogen (secondary N) is 2. The number of hydrogen-bond donors (Lipinski definition) is 2. The molecule has 1 aliphatic carbocycles. The van der Waals surface area contributed by atoms with Gasteiger partial charge in [0.05, 0.1) is 18.7 Å². The number of halogens is 2. The molecule has 0 saturated carbocycles. The third kappa shape index (κ3) is 7.79. The Morgan fingerprint density at radius 2 is 2.00 bits per heavy atom. The number of carbonyl (C=O) groups is 1. The monoisotopic (exact) mass is 506 g/mol. The van der Waals surface area contributed by atoms with Gasteiger partial charge < -0.3 is 14.8 Å². The highest BCUT2D eigenvalue weighted by Crippen LogP contribution is 2.24. The molecule has 1 heterocycles. The molecule has 10 nitrogen and oxygen atoms in total. The Morgan fingerprint density at radius 1 is 1.29 bits per heavy atom. The predicted molar refractivity (Wildman–Crippen MR) is 130 cm³/mol. The molecule has 12 heteroatoms. The summed E-state index contributed by atoms with van der Waals surface area (Å²) in [6.45, 7) is 3.37. The van der Waals surface area contributed by atoms with E-state index in [2.05, 4.69) is 20.7 Å². The molecule has 2 N–H and O–H groups in total. The second-order valence-corrected chi connectivity index (χ2v) is 8.73. The third-order valence-electron chi connectivity index (χ3n) is 4.64. The molecule has 1 amide bonds. The number of carbonyl (C=O) groups excluding carboxylic acids is 1. The van der Waals surface area contributed by atoms with Gasteiger partial charge >= 0.3 is 11.7 Å². The van der Waals surface area contributed by atoms with Gasteiger partial charge in [-0.3, -0.25) is 14.8 Å². The van der Waals surface area contributed by atoms with Crippen molar-refractivity contribution in [3.8, 4) is 6.01 Å². The van der Waals surface area contributed by atoms with E-state index in [0.717, 1.165) is 5.56 Å². The largest absolute Gasteiger partial charge is 0.488 e. The molecule has 35 heavy (non-hydrogen) atoms. The van der Waals surface area contributed by atoms with Crippen LogP contribution in [0.1, 0.15) is 25.8 Å². The molecule has 188 valence electrons. The van der Waals surface area contributed by atoms with Crippen molar-refractivity contribution in [3.05, 3.63) is 69.1 Å². The van der Waals surface area contributed by atoms with E-state index in [1.165, 1.54) is 9.58 Å². The molecular formula is C23H28ClFN6O4. The molecule has 1 atom stereocenters. The standard InChI is InChI=1S/C23H28ClFN6O4/c1-14(2)35-19-10-9-17(11-18(19)25)26-21-27-22(34-13-20(32)29-30(3)4)28-23(33)31(21)12-15-5-7-16(24)8-6-15/h5-10,14,17H,11-13H2,1-4H3,(H,29,32)(H,26,27,28,33). The number of rotatable bonds is 10. The van der Waals surface area contributed by atoms with Crippen molar-refractivity contribution in [2.24, 2.45) is 0 Å². The number of hydrogen-bond acceptors (Lipinski definition) is 8. The Hall–Kier alpha value is -3.44. The Labute approximate surface area is 207 Å². The summed E-state index contributed by atoms with van der Waals surface area (Å²) >= 11 is 5.96. The van der Waals surface area contributed by atoms with Crippen molar-refractivity contribution < 1.29 is 18.7 Å². The quantitative estimate of drug-likeness (QED) is 0.473. The SMILES string of the molecule is CC(C)OC1=C(F)CC(Nc2nc(OCC(=O)NN(C)C)nc(=O)n2Cc2ccc(Cl)cc2)C=C1. The molecule has 0 saturated heterocycles. The molecular weight excluding hydrogens is 479 g/mol. The number of nitrogens with zero attached hydrogens (tertiary/aromatic N) is 4. The minimum absolute atomic E-state index is 0.000870. The number of anilines is 1. The molecule has 0 bridgehead atoms. The van der Waals surface area contributed by atoms with Gasteiger partial charge in [-0.25, -0.2) is 14.2 Å². The maximum Gasteiger partial charge on any atom is 0.355 e. The molecule has 1 unspecified atom stereocenters. The van der Waals surface area contributed by atoms with Gasteiger partial charge in [0.1, 0.15) is 5.83 Å². The summed E-state index contributed by atoms with van der Waals surface area (Å²) in [5.41, 5.74) is 2.64. The summed E-state index contributed by atoms with van der Waals surface area (Å²) in [6.07, 6.45) is 3.10. The molecule has 0 aliphatic heterocycles. The summed E-state index contributed by atoms with van der Waals surface area (Å²) in [4.78, 5) is 32.9. The first-order chi connectivity index (χ1) is 16.6. The smallest absolute Gasteiger partial charge is 0.355 e. The normalized spacial score (nSPS) is 15.5. The van der Waals surface area contributed by atoms with Crippen molar-refractivity contribution >= 4 is 23.5 Å². The van der Waals surface area contributed by atoms with Crippen molar-refractivity contribution in [2.45, 2.75) is 39.0 Å². The Kier molecular flexibility index (Phi) is 8.83. The lowest BCUT2D eigenvalue weighted by molar-refractivity contribution is -0.127. The fraction of sp³-hybridized carbons (Fsp3) is 0.391. The van der Waals surface area contributed by atoms with Crippen molar-refractivity contribution in [1.29, 1.82) is 0 Å². The van der Waals surface area contributed by atoms with Crippen LogP contribution in [0.25, 0.3) is 0 Å². The van der Waals surface area contributed by atoms with Gasteiger partial charge in [0.2, 0.25) is 5.95 Å². The second-order valence-electron chi connectivity index (χ2n) is 8.29. The first-order valence-electron chi connectivity index (χ1n) is 10.9. The van der Waals surface area contributed by atoms with Crippen LogP contribution in [0.15, 0.2) is 52.8 Å². The molecule has 1 aromatic heterocycles. The van der Waals surface area contributed by atoms with Crippen LogP contribution < -0.4 is 21.2 Å². The number of aromatic nitrogens is 3. The number of allylic oxidation sites excluding steroid dienone is 1. The lowest BCUT2D eigenvalue weighted by atomic mass is 10.1. The van der Waals surface area contributed by atoms with Gasteiger partial charge in [0.25, 0.3) is 5.91 Å². The fourth-order valence-corrected chi connectivity index (χ4v) is 3.31. The zero-order valence-electron chi connectivity index (χ0n) is 19.9. The second kappa shape index (κ2) is 11.8. The van der Waals surface area contributed by atoms with E-state index in [1.54, 1.807) is 50.5 Å². The predicted octanol–water partition coefficient (Wildman–Crippen LogP) is 2.66. The molecule has 0 fully saturated rings. The highest BCUT2D eigenvalue weighted by molar-refractivity contribution is 6.30. The average Bonchev–Trinajstić information content (AvgIpc) is 2.77. The summed E-state index contributed by atoms with van der Waals surface area (Å²) < 4.78 is 26.7. The van der Waals surface area contributed by atoms with E-state index >= 15 is 0 Å². The van der Waals surface area contributed by atoms with Crippen molar-refractivity contribution in [2.75, 3.05) is 26.0 Å². The lowest BCUT2D eigenvalue weighted by Gasteiger charge is -2.23. The number of ether oxygens (including phenoxy) is 2. The number of amides is 1. The van der Waals surface area contributed by atoms with E-state index in [9.17, 15) is 14.0 Å². The maximum atomic E-state index is 14.6. The van der Waals surface area contributed by atoms with Crippen molar-refractivity contribution in [1.82, 2.24) is 25.0 Å². The van der Waals surface area contributed by atoms with E-state index in [1.807, 2.05) is 13.8 Å². The van der Waals surface area contributed by atoms with Crippen LogP contribution in [-0.4, -0.2) is 58.3 Å². The number of hydrazine groups is 1. The summed E-state index contributed by atoms with van der Waals surface area (Å²) in [5, 5.41) is 5.08. The summed E-state index contributed by atoms with van der Waals surface area (Å²) in [5.74, 6) is -0.580. The van der Waals surface area contributed by atoms with E-state index in [-0.39, 0.29) is 36.8 Å². The molecule has 2 aromatic rings. The van der Waals surface area contributed by atoms with Gasteiger partial charge in [-0.2, -0.15) is 4.98 Å². The van der Waals surface area contributed by atoms with Crippen LogP contribution >= 0.6 is 11.6 Å². The lowest BCUT2D eigenvalue weighted by Crippen LogP contribution is -2.39. The van der Waals surface area contributed by atoms with E-state index in [0.29, 0.717) is 5.02 Å². The minimum Gasteiger partial charge on any atom is -0.488 e. The zero-order valence-corrected chi connectivity index (χ0v) is 20.7. The van der Waals surface area contributed by atoms with Crippen LogP contribution in [0.2, 0.25) is 5.02 Å². The van der Waals surface area contributed by atoms with Gasteiger partial charge in [0.15, 0.2) is 12.4 Å².